The topological polar surface area (TPSA) is 73.8 Å². The summed E-state index contributed by atoms with van der Waals surface area (Å²) in [6.07, 6.45) is 1.68. The molecule has 0 saturated heterocycles. The van der Waals surface area contributed by atoms with Crippen molar-refractivity contribution >= 4 is 17.3 Å². The minimum absolute atomic E-state index is 0.108. The first-order valence-electron chi connectivity index (χ1n) is 4.39. The van der Waals surface area contributed by atoms with Crippen molar-refractivity contribution in [2.75, 3.05) is 0 Å². The lowest BCUT2D eigenvalue weighted by Gasteiger charge is -1.99. The SMILES string of the molecule is Cn1ccc(-c2nc(Cl)ccc2[N+](=O)[O-])n1. The van der Waals surface area contributed by atoms with Gasteiger partial charge in [-0.1, -0.05) is 11.6 Å². The van der Waals surface area contributed by atoms with E-state index in [1.54, 1.807) is 24.0 Å². The van der Waals surface area contributed by atoms with Crippen LogP contribution in [0.25, 0.3) is 11.4 Å². The van der Waals surface area contributed by atoms with E-state index >= 15 is 0 Å². The number of nitrogens with zero attached hydrogens (tertiary/aromatic N) is 4. The zero-order valence-corrected chi connectivity index (χ0v) is 9.05. The lowest BCUT2D eigenvalue weighted by atomic mass is 10.2. The maximum Gasteiger partial charge on any atom is 0.297 e. The van der Waals surface area contributed by atoms with Crippen LogP contribution in [0.15, 0.2) is 24.4 Å². The van der Waals surface area contributed by atoms with E-state index in [0.717, 1.165) is 0 Å². The highest BCUT2D eigenvalue weighted by Gasteiger charge is 2.19. The summed E-state index contributed by atoms with van der Waals surface area (Å²) in [5, 5.41) is 15.1. The lowest BCUT2D eigenvalue weighted by molar-refractivity contribution is -0.384. The van der Waals surface area contributed by atoms with Gasteiger partial charge in [-0.3, -0.25) is 14.8 Å². The van der Waals surface area contributed by atoms with Crippen molar-refractivity contribution in [3.63, 3.8) is 0 Å². The molecule has 16 heavy (non-hydrogen) atoms. The molecule has 0 spiro atoms. The Morgan fingerprint density at radius 1 is 1.44 bits per heavy atom. The molecule has 2 aromatic rings. The van der Waals surface area contributed by atoms with Crippen molar-refractivity contribution in [2.45, 2.75) is 0 Å². The third-order valence-electron chi connectivity index (χ3n) is 1.99. The first kappa shape index (κ1) is 10.6. The van der Waals surface area contributed by atoms with Gasteiger partial charge in [-0.2, -0.15) is 5.10 Å². The van der Waals surface area contributed by atoms with Crippen LogP contribution in [-0.4, -0.2) is 19.7 Å². The summed E-state index contributed by atoms with van der Waals surface area (Å²) in [7, 11) is 1.72. The van der Waals surface area contributed by atoms with Crippen LogP contribution < -0.4 is 0 Å². The quantitative estimate of drug-likeness (QED) is 0.456. The number of pyridine rings is 1. The zero-order valence-electron chi connectivity index (χ0n) is 8.29. The van der Waals surface area contributed by atoms with E-state index in [-0.39, 0.29) is 16.5 Å². The summed E-state index contributed by atoms with van der Waals surface area (Å²) >= 11 is 5.71. The predicted octanol–water partition coefficient (Wildman–Crippen LogP) is 2.04. The van der Waals surface area contributed by atoms with E-state index in [9.17, 15) is 10.1 Å². The second-order valence-electron chi connectivity index (χ2n) is 3.13. The molecule has 0 radical (unpaired) electrons. The third-order valence-corrected chi connectivity index (χ3v) is 2.20. The molecule has 0 aliphatic carbocycles. The van der Waals surface area contributed by atoms with Crippen LogP contribution in [0.1, 0.15) is 0 Å². The summed E-state index contributed by atoms with van der Waals surface area (Å²) in [6, 6.07) is 4.34. The molecule has 0 fully saturated rings. The number of aromatic nitrogens is 3. The molecule has 0 N–H and O–H groups in total. The van der Waals surface area contributed by atoms with E-state index in [0.29, 0.717) is 5.69 Å². The van der Waals surface area contributed by atoms with Crippen LogP contribution in [0.2, 0.25) is 5.15 Å². The Kier molecular flexibility index (Phi) is 2.57. The summed E-state index contributed by atoms with van der Waals surface area (Å²) in [5.41, 5.74) is 0.498. The maximum absolute atomic E-state index is 10.8. The Labute approximate surface area is 95.6 Å². The predicted molar refractivity (Wildman–Crippen MR) is 58.1 cm³/mol. The molecule has 0 bridgehead atoms. The van der Waals surface area contributed by atoms with Gasteiger partial charge in [-0.05, 0) is 12.1 Å². The van der Waals surface area contributed by atoms with Crippen LogP contribution in [0.5, 0.6) is 0 Å². The molecule has 0 aliphatic rings. The molecule has 0 aliphatic heterocycles. The van der Waals surface area contributed by atoms with Gasteiger partial charge in [-0.15, -0.1) is 0 Å². The van der Waals surface area contributed by atoms with Gasteiger partial charge >= 0.3 is 0 Å². The van der Waals surface area contributed by atoms with Gasteiger partial charge in [0.05, 0.1) is 4.92 Å². The molecule has 82 valence electrons. The Hall–Kier alpha value is -1.95. The number of rotatable bonds is 2. The van der Waals surface area contributed by atoms with Gasteiger partial charge in [-0.25, -0.2) is 4.98 Å². The largest absolute Gasteiger partial charge is 0.297 e. The zero-order chi connectivity index (χ0) is 11.7. The molecule has 2 aromatic heterocycles. The lowest BCUT2D eigenvalue weighted by Crippen LogP contribution is -1.96. The van der Waals surface area contributed by atoms with E-state index in [1.807, 2.05) is 0 Å². The average molecular weight is 239 g/mol. The highest BCUT2D eigenvalue weighted by molar-refractivity contribution is 6.29. The van der Waals surface area contributed by atoms with Crippen LogP contribution in [0.4, 0.5) is 5.69 Å². The number of halogens is 1. The van der Waals surface area contributed by atoms with Crippen molar-refractivity contribution in [3.8, 4) is 11.4 Å². The monoisotopic (exact) mass is 238 g/mol. The Balaban J connectivity index is 2.62. The molecule has 0 saturated carbocycles. The number of nitro groups is 1. The van der Waals surface area contributed by atoms with Gasteiger partial charge in [0, 0.05) is 19.3 Å². The second kappa shape index (κ2) is 3.90. The number of hydrogen-bond donors (Lipinski definition) is 0. The minimum atomic E-state index is -0.507. The normalized spacial score (nSPS) is 10.4. The van der Waals surface area contributed by atoms with Crippen LogP contribution in [0, 0.1) is 10.1 Å². The molecule has 0 atom stereocenters. The van der Waals surface area contributed by atoms with Crippen molar-refractivity contribution in [1.29, 1.82) is 0 Å². The molecule has 2 rings (SSSR count). The molecule has 6 nitrogen and oxygen atoms in total. The highest BCUT2D eigenvalue weighted by atomic mass is 35.5. The molecule has 0 aromatic carbocycles. The minimum Gasteiger partial charge on any atom is -0.275 e. The fourth-order valence-electron chi connectivity index (χ4n) is 1.31. The smallest absolute Gasteiger partial charge is 0.275 e. The highest BCUT2D eigenvalue weighted by Crippen LogP contribution is 2.27. The van der Waals surface area contributed by atoms with Crippen molar-refractivity contribution in [2.24, 2.45) is 7.05 Å². The van der Waals surface area contributed by atoms with Gasteiger partial charge in [0.15, 0.2) is 5.69 Å². The number of hydrogen-bond acceptors (Lipinski definition) is 4. The summed E-state index contributed by atoms with van der Waals surface area (Å²) < 4.78 is 1.54. The van der Waals surface area contributed by atoms with Crippen molar-refractivity contribution in [1.82, 2.24) is 14.8 Å². The average Bonchev–Trinajstić information content (AvgIpc) is 2.64. The van der Waals surface area contributed by atoms with Gasteiger partial charge in [0.1, 0.15) is 10.8 Å². The molecule has 0 unspecified atom stereocenters. The fourth-order valence-corrected chi connectivity index (χ4v) is 1.45. The van der Waals surface area contributed by atoms with Crippen molar-refractivity contribution in [3.05, 3.63) is 39.7 Å². The summed E-state index contributed by atoms with van der Waals surface area (Å²) in [6.45, 7) is 0. The van der Waals surface area contributed by atoms with E-state index in [4.69, 9.17) is 11.6 Å². The van der Waals surface area contributed by atoms with E-state index < -0.39 is 4.92 Å². The van der Waals surface area contributed by atoms with Crippen molar-refractivity contribution < 1.29 is 4.92 Å². The number of aryl methyl sites for hydroxylation is 1. The third kappa shape index (κ3) is 1.87. The van der Waals surface area contributed by atoms with Crippen LogP contribution >= 0.6 is 11.6 Å². The first-order chi connectivity index (χ1) is 7.58. The van der Waals surface area contributed by atoms with Gasteiger partial charge in [0.2, 0.25) is 0 Å². The molecule has 0 amide bonds. The Morgan fingerprint density at radius 3 is 2.75 bits per heavy atom. The standard InChI is InChI=1S/C9H7ClN4O2/c1-13-5-4-6(12-13)9-7(14(15)16)2-3-8(10)11-9/h2-5H,1H3. The fraction of sp³-hybridized carbons (Fsp3) is 0.111. The van der Waals surface area contributed by atoms with Crippen LogP contribution in [-0.2, 0) is 7.05 Å². The molecule has 7 heteroatoms. The Bertz CT molecular complexity index is 552. The van der Waals surface area contributed by atoms with E-state index in [1.165, 1.54) is 12.1 Å². The summed E-state index contributed by atoms with van der Waals surface area (Å²) in [5.74, 6) is 0. The van der Waals surface area contributed by atoms with E-state index in [2.05, 4.69) is 10.1 Å². The van der Waals surface area contributed by atoms with Gasteiger partial charge in [0.25, 0.3) is 5.69 Å². The Morgan fingerprint density at radius 2 is 2.19 bits per heavy atom. The van der Waals surface area contributed by atoms with Gasteiger partial charge < -0.3 is 0 Å². The summed E-state index contributed by atoms with van der Waals surface area (Å²) in [4.78, 5) is 14.2. The second-order valence-corrected chi connectivity index (χ2v) is 3.52. The molecule has 2 heterocycles. The first-order valence-corrected chi connectivity index (χ1v) is 4.76. The molecular formula is C9H7ClN4O2. The molecular weight excluding hydrogens is 232 g/mol. The van der Waals surface area contributed by atoms with Crippen LogP contribution in [0.3, 0.4) is 0 Å². The maximum atomic E-state index is 10.8.